The van der Waals surface area contributed by atoms with E-state index in [0.29, 0.717) is 5.92 Å². The largest absolute Gasteiger partial charge is 0.497 e. The number of rotatable bonds is 8. The van der Waals surface area contributed by atoms with Gasteiger partial charge in [-0.3, -0.25) is 0 Å². The average molecular weight is 626 g/mol. The molecule has 0 radical (unpaired) electrons. The number of methoxy groups -OCH3 is 1. The van der Waals surface area contributed by atoms with Gasteiger partial charge in [0.25, 0.3) is 0 Å². The molecule has 0 atom stereocenters. The van der Waals surface area contributed by atoms with Crippen LogP contribution in [-0.4, -0.2) is 85.5 Å². The van der Waals surface area contributed by atoms with Gasteiger partial charge >= 0.3 is 23.9 Å². The topological polar surface area (TPSA) is 179 Å². The fourth-order valence-corrected chi connectivity index (χ4v) is 5.43. The molecule has 2 aromatic heterocycles. The highest BCUT2D eigenvalue weighted by Gasteiger charge is 2.22. The summed E-state index contributed by atoms with van der Waals surface area (Å²) in [5.41, 5.74) is 5.13. The Bertz CT molecular complexity index is 1480. The fourth-order valence-electron chi connectivity index (χ4n) is 4.77. The lowest BCUT2D eigenvalue weighted by Gasteiger charge is -2.32. The second-order valence-corrected chi connectivity index (χ2v) is 10.8. The maximum absolute atomic E-state index is 9.10. The number of para-hydroxylation sites is 2. The van der Waals surface area contributed by atoms with Crippen molar-refractivity contribution in [3.05, 3.63) is 82.3 Å². The summed E-state index contributed by atoms with van der Waals surface area (Å²) >= 11 is 1.77. The Morgan fingerprint density at radius 1 is 0.864 bits per heavy atom. The quantitative estimate of drug-likeness (QED) is 0.208. The maximum Gasteiger partial charge on any atom is 0.414 e. The molecule has 0 amide bonds. The average Bonchev–Trinajstić information content (AvgIpc) is 3.66. The smallest absolute Gasteiger partial charge is 0.414 e. The van der Waals surface area contributed by atoms with Crippen molar-refractivity contribution >= 4 is 46.2 Å². The lowest BCUT2D eigenvalue weighted by atomic mass is 9.93. The van der Waals surface area contributed by atoms with Crippen LogP contribution in [0, 0.1) is 5.92 Å². The second-order valence-electron chi connectivity index (χ2n) is 10.0. The molecule has 0 saturated carbocycles. The van der Waals surface area contributed by atoms with E-state index in [1.54, 1.807) is 18.4 Å². The number of imidazole rings is 1. The molecule has 3 heterocycles. The third kappa shape index (κ3) is 10.5. The summed E-state index contributed by atoms with van der Waals surface area (Å²) in [6.07, 6.45) is 4.69. The number of aromatic nitrogens is 2. The molecule has 0 aliphatic carbocycles. The van der Waals surface area contributed by atoms with Gasteiger partial charge in [0.1, 0.15) is 11.6 Å². The van der Waals surface area contributed by atoms with Gasteiger partial charge in [0.15, 0.2) is 0 Å². The minimum absolute atomic E-state index is 0.713. The third-order valence-electron chi connectivity index (χ3n) is 7.07. The van der Waals surface area contributed by atoms with Crippen molar-refractivity contribution in [1.29, 1.82) is 0 Å². The molecule has 4 aromatic rings. The van der Waals surface area contributed by atoms with Gasteiger partial charge in [0.2, 0.25) is 0 Å². The Labute approximate surface area is 257 Å². The van der Waals surface area contributed by atoms with Crippen molar-refractivity contribution in [3.63, 3.8) is 0 Å². The van der Waals surface area contributed by atoms with Crippen LogP contribution in [0.25, 0.3) is 11.0 Å². The van der Waals surface area contributed by atoms with Crippen molar-refractivity contribution in [3.8, 4) is 5.75 Å². The number of carboxylic acids is 4. The number of carbonyl (C=O) groups is 4. The van der Waals surface area contributed by atoms with E-state index in [1.165, 1.54) is 48.4 Å². The van der Waals surface area contributed by atoms with E-state index in [2.05, 4.69) is 74.8 Å². The summed E-state index contributed by atoms with van der Waals surface area (Å²) in [6.45, 7) is 4.42. The molecule has 0 spiro atoms. The van der Waals surface area contributed by atoms with Gasteiger partial charge in [-0.25, -0.2) is 24.2 Å². The molecule has 1 fully saturated rings. The van der Waals surface area contributed by atoms with Gasteiger partial charge < -0.3 is 34.6 Å². The van der Waals surface area contributed by atoms with Crippen LogP contribution in [0.5, 0.6) is 5.75 Å². The van der Waals surface area contributed by atoms with Crippen molar-refractivity contribution in [2.45, 2.75) is 32.2 Å². The number of benzene rings is 2. The zero-order valence-electron chi connectivity index (χ0n) is 24.2. The van der Waals surface area contributed by atoms with Crippen molar-refractivity contribution in [2.75, 3.05) is 26.7 Å². The van der Waals surface area contributed by atoms with E-state index < -0.39 is 23.9 Å². The zero-order valence-corrected chi connectivity index (χ0v) is 25.0. The first-order chi connectivity index (χ1) is 21.1. The van der Waals surface area contributed by atoms with E-state index in [0.717, 1.165) is 37.2 Å². The molecule has 44 heavy (non-hydrogen) atoms. The Morgan fingerprint density at radius 3 is 2.02 bits per heavy atom. The van der Waals surface area contributed by atoms with Gasteiger partial charge in [-0.1, -0.05) is 24.3 Å². The molecule has 1 aliphatic rings. The summed E-state index contributed by atoms with van der Waals surface area (Å²) in [6, 6.07) is 19.3. The van der Waals surface area contributed by atoms with Crippen LogP contribution in [0.1, 0.15) is 29.8 Å². The number of likely N-dealkylation sites (tertiary alicyclic amines) is 1. The fraction of sp³-hybridized carbons (Fsp3) is 0.323. The van der Waals surface area contributed by atoms with Crippen LogP contribution in [0.15, 0.2) is 65.4 Å². The normalized spacial score (nSPS) is 13.2. The first-order valence-corrected chi connectivity index (χ1v) is 14.7. The highest BCUT2D eigenvalue weighted by molar-refractivity contribution is 7.07. The van der Waals surface area contributed by atoms with E-state index in [9.17, 15) is 0 Å². The SMILES string of the molecule is COc1ccc(CCN2CCC(Cc3nc4ccccc4n3Cc3ccsc3)CC2)cc1.O=C(O)C(=O)O.O=C(O)C(=O)O. The minimum atomic E-state index is -1.82. The minimum Gasteiger partial charge on any atom is -0.497 e. The summed E-state index contributed by atoms with van der Waals surface area (Å²) in [5, 5.41) is 34.0. The Morgan fingerprint density at radius 2 is 1.48 bits per heavy atom. The number of ether oxygens (including phenoxy) is 1. The van der Waals surface area contributed by atoms with E-state index in [-0.39, 0.29) is 0 Å². The van der Waals surface area contributed by atoms with Crippen molar-refractivity contribution in [2.24, 2.45) is 5.92 Å². The summed E-state index contributed by atoms with van der Waals surface area (Å²) < 4.78 is 7.70. The molecule has 12 nitrogen and oxygen atoms in total. The number of hydrogen-bond acceptors (Lipinski definition) is 8. The Kier molecular flexibility index (Phi) is 12.9. The molecule has 4 N–H and O–H groups in total. The first kappa shape index (κ1) is 33.7. The predicted octanol–water partition coefficient (Wildman–Crippen LogP) is 3.96. The molecule has 234 valence electrons. The number of piperidine rings is 1. The monoisotopic (exact) mass is 625 g/mol. The standard InChI is InChI=1S/C27H31N3OS.2C2H2O4/c1-31-24-8-6-21(7-9-24)10-14-29-15-11-22(12-16-29)18-27-28-25-4-2-3-5-26(25)30(27)19-23-13-17-32-20-23;2*3-1(4)2(5)6/h2-9,13,17,20,22H,10-12,14-16,18-19H2,1H3;2*(H,3,4)(H,5,6). The van der Waals surface area contributed by atoms with Crippen LogP contribution in [-0.2, 0) is 38.6 Å². The lowest BCUT2D eigenvalue weighted by Crippen LogP contribution is -2.36. The molecule has 1 aliphatic heterocycles. The molecule has 2 aromatic carbocycles. The third-order valence-corrected chi connectivity index (χ3v) is 7.81. The van der Waals surface area contributed by atoms with E-state index in [4.69, 9.17) is 49.3 Å². The zero-order chi connectivity index (χ0) is 32.1. The number of nitrogens with zero attached hydrogens (tertiary/aromatic N) is 3. The van der Waals surface area contributed by atoms with Crippen molar-refractivity contribution < 1.29 is 44.3 Å². The van der Waals surface area contributed by atoms with Gasteiger partial charge in [-0.2, -0.15) is 11.3 Å². The highest BCUT2D eigenvalue weighted by atomic mass is 32.1. The van der Waals surface area contributed by atoms with Crippen LogP contribution >= 0.6 is 11.3 Å². The number of fused-ring (bicyclic) bond motifs is 1. The highest BCUT2D eigenvalue weighted by Crippen LogP contribution is 2.25. The van der Waals surface area contributed by atoms with E-state index >= 15 is 0 Å². The molecule has 1 saturated heterocycles. The van der Waals surface area contributed by atoms with Crippen LogP contribution in [0.3, 0.4) is 0 Å². The first-order valence-electron chi connectivity index (χ1n) is 13.8. The molecule has 5 rings (SSSR count). The molecule has 0 bridgehead atoms. The van der Waals surface area contributed by atoms with Gasteiger partial charge in [0, 0.05) is 13.0 Å². The summed E-state index contributed by atoms with van der Waals surface area (Å²) in [4.78, 5) is 44.1. The van der Waals surface area contributed by atoms with Gasteiger partial charge in [0.05, 0.1) is 24.7 Å². The van der Waals surface area contributed by atoms with Crippen LogP contribution in [0.2, 0.25) is 0 Å². The lowest BCUT2D eigenvalue weighted by molar-refractivity contribution is -0.159. The molecular weight excluding hydrogens is 590 g/mol. The van der Waals surface area contributed by atoms with Crippen LogP contribution in [0.4, 0.5) is 0 Å². The van der Waals surface area contributed by atoms with Gasteiger partial charge in [-0.15, -0.1) is 0 Å². The second kappa shape index (κ2) is 16.8. The number of hydrogen-bond donors (Lipinski definition) is 4. The number of thiophene rings is 1. The van der Waals surface area contributed by atoms with E-state index in [1.807, 2.05) is 0 Å². The molecular formula is C31H35N3O9S. The Balaban J connectivity index is 0.000000375. The van der Waals surface area contributed by atoms with Crippen LogP contribution < -0.4 is 4.74 Å². The molecule has 0 unspecified atom stereocenters. The number of aliphatic carboxylic acids is 4. The number of carboxylic acid groups (broad SMARTS) is 4. The van der Waals surface area contributed by atoms with Gasteiger partial charge in [-0.05, 0) is 90.5 Å². The summed E-state index contributed by atoms with van der Waals surface area (Å²) in [5.74, 6) is -4.41. The maximum atomic E-state index is 9.10. The predicted molar refractivity (Wildman–Crippen MR) is 163 cm³/mol. The van der Waals surface area contributed by atoms with Crippen molar-refractivity contribution in [1.82, 2.24) is 14.5 Å². The Hall–Kier alpha value is -4.75. The molecule has 13 heteroatoms. The summed E-state index contributed by atoms with van der Waals surface area (Å²) in [7, 11) is 1.72.